The van der Waals surface area contributed by atoms with E-state index in [1.165, 1.54) is 17.9 Å². The fourth-order valence-corrected chi connectivity index (χ4v) is 5.55. The first-order valence-electron chi connectivity index (χ1n) is 10.9. The number of carbonyl (C=O) groups excluding carboxylic acids is 3. The number of esters is 1. The lowest BCUT2D eigenvalue weighted by Crippen LogP contribution is -2.27. The van der Waals surface area contributed by atoms with E-state index in [-0.39, 0.29) is 17.2 Å². The van der Waals surface area contributed by atoms with Crippen molar-refractivity contribution in [1.29, 1.82) is 0 Å². The predicted molar refractivity (Wildman–Crippen MR) is 137 cm³/mol. The van der Waals surface area contributed by atoms with Gasteiger partial charge in [-0.3, -0.25) is 14.2 Å². The molecule has 176 valence electrons. The van der Waals surface area contributed by atoms with E-state index in [1.54, 1.807) is 36.0 Å². The SMILES string of the molecule is COC(=O)c1cn(C(=O)c2ccc([C@H]3SCC(=O)N3Cc3ccc(Cl)cc3)cc2)c2ccccc12. The van der Waals surface area contributed by atoms with Gasteiger partial charge in [0, 0.05) is 28.7 Å². The number of nitrogens with zero attached hydrogens (tertiary/aromatic N) is 2. The molecule has 1 aromatic heterocycles. The minimum Gasteiger partial charge on any atom is -0.465 e. The average molecular weight is 505 g/mol. The van der Waals surface area contributed by atoms with Gasteiger partial charge in [-0.05, 0) is 41.5 Å². The fraction of sp³-hybridized carbons (Fsp3) is 0.148. The van der Waals surface area contributed by atoms with Crippen molar-refractivity contribution in [3.8, 4) is 0 Å². The second-order valence-corrected chi connectivity index (χ2v) is 9.67. The second-order valence-electron chi connectivity index (χ2n) is 8.16. The highest BCUT2D eigenvalue weighted by molar-refractivity contribution is 8.00. The Morgan fingerprint density at radius 1 is 1.03 bits per heavy atom. The topological polar surface area (TPSA) is 68.6 Å². The highest BCUT2D eigenvalue weighted by Crippen LogP contribution is 2.39. The van der Waals surface area contributed by atoms with Crippen LogP contribution in [0.1, 0.15) is 37.2 Å². The van der Waals surface area contributed by atoms with Gasteiger partial charge < -0.3 is 9.64 Å². The Balaban J connectivity index is 1.41. The number of ether oxygens (including phenoxy) is 1. The Hall–Kier alpha value is -3.55. The first-order chi connectivity index (χ1) is 17.0. The Morgan fingerprint density at radius 3 is 2.46 bits per heavy atom. The molecule has 1 saturated heterocycles. The average Bonchev–Trinajstić information content (AvgIpc) is 3.45. The number of aromatic nitrogens is 1. The summed E-state index contributed by atoms with van der Waals surface area (Å²) in [5.41, 5.74) is 3.39. The smallest absolute Gasteiger partial charge is 0.340 e. The summed E-state index contributed by atoms with van der Waals surface area (Å²) in [5, 5.41) is 1.17. The van der Waals surface area contributed by atoms with Crippen LogP contribution < -0.4 is 0 Å². The standard InChI is InChI=1S/C27H21ClN2O4S/c1-34-27(33)22-15-29(23-5-3-2-4-21(22)23)25(32)18-8-10-19(11-9-18)26-30(24(31)16-35-26)14-17-6-12-20(28)13-7-17/h2-13,15,26H,14,16H2,1H3/t26-/m1/s1. The minimum atomic E-state index is -0.494. The summed E-state index contributed by atoms with van der Waals surface area (Å²) in [6.45, 7) is 0.486. The molecule has 1 amide bonds. The van der Waals surface area contributed by atoms with Gasteiger partial charge in [0.05, 0.1) is 23.9 Å². The summed E-state index contributed by atoms with van der Waals surface area (Å²) in [6, 6.07) is 22.0. The molecule has 35 heavy (non-hydrogen) atoms. The number of thioether (sulfide) groups is 1. The quantitative estimate of drug-likeness (QED) is 0.334. The van der Waals surface area contributed by atoms with Gasteiger partial charge in [0.1, 0.15) is 5.37 Å². The van der Waals surface area contributed by atoms with Crippen LogP contribution in [-0.2, 0) is 16.1 Å². The number of fused-ring (bicyclic) bond motifs is 1. The van der Waals surface area contributed by atoms with Crippen molar-refractivity contribution < 1.29 is 19.1 Å². The van der Waals surface area contributed by atoms with Crippen LogP contribution >= 0.6 is 23.4 Å². The number of amides is 1. The molecule has 0 N–H and O–H groups in total. The van der Waals surface area contributed by atoms with Crippen molar-refractivity contribution in [2.75, 3.05) is 12.9 Å². The first-order valence-corrected chi connectivity index (χ1v) is 12.4. The molecule has 0 radical (unpaired) electrons. The number of rotatable bonds is 5. The number of hydrogen-bond donors (Lipinski definition) is 0. The third kappa shape index (κ3) is 4.45. The van der Waals surface area contributed by atoms with Gasteiger partial charge >= 0.3 is 5.97 Å². The zero-order valence-corrected chi connectivity index (χ0v) is 20.4. The van der Waals surface area contributed by atoms with Crippen LogP contribution in [-0.4, -0.2) is 40.1 Å². The first kappa shape index (κ1) is 23.2. The van der Waals surface area contributed by atoms with Crippen LogP contribution in [0.2, 0.25) is 5.02 Å². The lowest BCUT2D eigenvalue weighted by molar-refractivity contribution is -0.128. The molecule has 6 nitrogen and oxygen atoms in total. The molecule has 5 rings (SSSR count). The van der Waals surface area contributed by atoms with E-state index in [4.69, 9.17) is 16.3 Å². The minimum absolute atomic E-state index is 0.0734. The molecular weight excluding hydrogens is 484 g/mol. The van der Waals surface area contributed by atoms with Gasteiger partial charge in [-0.1, -0.05) is 54.1 Å². The van der Waals surface area contributed by atoms with E-state index < -0.39 is 5.97 Å². The van der Waals surface area contributed by atoms with Gasteiger partial charge in [0.2, 0.25) is 5.91 Å². The van der Waals surface area contributed by atoms with Gasteiger partial charge in [-0.25, -0.2) is 4.79 Å². The van der Waals surface area contributed by atoms with Crippen LogP contribution in [0.15, 0.2) is 79.0 Å². The lowest BCUT2D eigenvalue weighted by atomic mass is 10.1. The van der Waals surface area contributed by atoms with Gasteiger partial charge in [-0.15, -0.1) is 11.8 Å². The van der Waals surface area contributed by atoms with Crippen molar-refractivity contribution in [3.05, 3.63) is 106 Å². The molecule has 0 saturated carbocycles. The number of hydrogen-bond acceptors (Lipinski definition) is 5. The summed E-state index contributed by atoms with van der Waals surface area (Å²) in [5.74, 6) is -0.267. The van der Waals surface area contributed by atoms with Crippen LogP contribution in [0.4, 0.5) is 0 Å². The molecule has 1 fully saturated rings. The largest absolute Gasteiger partial charge is 0.465 e. The van der Waals surface area contributed by atoms with Crippen molar-refractivity contribution in [3.63, 3.8) is 0 Å². The number of halogens is 1. The summed E-state index contributed by atoms with van der Waals surface area (Å²) in [7, 11) is 1.32. The molecule has 1 atom stereocenters. The maximum Gasteiger partial charge on any atom is 0.340 e. The summed E-state index contributed by atoms with van der Waals surface area (Å²) in [6.07, 6.45) is 1.52. The highest BCUT2D eigenvalue weighted by Gasteiger charge is 2.33. The Bertz CT molecular complexity index is 1430. The Labute approximate surface area is 211 Å². The van der Waals surface area contributed by atoms with E-state index >= 15 is 0 Å². The Kier molecular flexibility index (Phi) is 6.36. The zero-order valence-electron chi connectivity index (χ0n) is 18.8. The van der Waals surface area contributed by atoms with Crippen molar-refractivity contribution >= 4 is 52.0 Å². The Morgan fingerprint density at radius 2 is 1.74 bits per heavy atom. The van der Waals surface area contributed by atoms with Crippen LogP contribution in [0, 0.1) is 0 Å². The summed E-state index contributed by atoms with van der Waals surface area (Å²) in [4.78, 5) is 40.0. The number of para-hydroxylation sites is 1. The molecule has 3 aromatic carbocycles. The van der Waals surface area contributed by atoms with E-state index in [2.05, 4.69) is 0 Å². The molecule has 0 bridgehead atoms. The molecule has 0 aliphatic carbocycles. The van der Waals surface area contributed by atoms with Crippen molar-refractivity contribution in [1.82, 2.24) is 9.47 Å². The number of carbonyl (C=O) groups is 3. The normalized spacial score (nSPS) is 15.5. The molecular formula is C27H21ClN2O4S. The molecule has 2 heterocycles. The van der Waals surface area contributed by atoms with Crippen LogP contribution in [0.3, 0.4) is 0 Å². The number of benzene rings is 3. The molecule has 1 aliphatic rings. The number of methoxy groups -OCH3 is 1. The van der Waals surface area contributed by atoms with Crippen LogP contribution in [0.5, 0.6) is 0 Å². The van der Waals surface area contributed by atoms with E-state index in [0.29, 0.717) is 39.4 Å². The van der Waals surface area contributed by atoms with Gasteiger partial charge in [0.15, 0.2) is 0 Å². The van der Waals surface area contributed by atoms with Gasteiger partial charge in [-0.2, -0.15) is 0 Å². The van der Waals surface area contributed by atoms with Crippen molar-refractivity contribution in [2.24, 2.45) is 0 Å². The maximum absolute atomic E-state index is 13.3. The molecule has 4 aromatic rings. The third-order valence-corrected chi connectivity index (χ3v) is 7.52. The van der Waals surface area contributed by atoms with E-state index in [1.807, 2.05) is 53.4 Å². The lowest BCUT2D eigenvalue weighted by Gasteiger charge is -2.24. The highest BCUT2D eigenvalue weighted by atomic mass is 35.5. The maximum atomic E-state index is 13.3. The summed E-state index contributed by atoms with van der Waals surface area (Å²) >= 11 is 7.55. The molecule has 8 heteroatoms. The zero-order chi connectivity index (χ0) is 24.5. The van der Waals surface area contributed by atoms with E-state index in [9.17, 15) is 14.4 Å². The van der Waals surface area contributed by atoms with E-state index in [0.717, 1.165) is 11.1 Å². The fourth-order valence-electron chi connectivity index (χ4n) is 4.24. The molecule has 1 aliphatic heterocycles. The van der Waals surface area contributed by atoms with Crippen LogP contribution in [0.25, 0.3) is 10.9 Å². The summed E-state index contributed by atoms with van der Waals surface area (Å²) < 4.78 is 6.35. The molecule has 0 unspecified atom stereocenters. The van der Waals surface area contributed by atoms with Gasteiger partial charge in [0.25, 0.3) is 5.91 Å². The van der Waals surface area contributed by atoms with Crippen molar-refractivity contribution in [2.45, 2.75) is 11.9 Å². The molecule has 0 spiro atoms. The third-order valence-electron chi connectivity index (χ3n) is 6.01. The second kappa shape index (κ2) is 9.60. The monoisotopic (exact) mass is 504 g/mol. The predicted octanol–water partition coefficient (Wildman–Crippen LogP) is 5.54.